The van der Waals surface area contributed by atoms with Crippen LogP contribution in [0.2, 0.25) is 0 Å². The van der Waals surface area contributed by atoms with Crippen molar-refractivity contribution in [2.45, 2.75) is 37.2 Å². The van der Waals surface area contributed by atoms with E-state index >= 15 is 0 Å². The summed E-state index contributed by atoms with van der Waals surface area (Å²) >= 11 is 0. The SMILES string of the molecule is COc1cc(CO)ccc1S(=O)(=O)NCC1(C2CC2)CC1. The molecule has 2 saturated carbocycles. The van der Waals surface area contributed by atoms with Gasteiger partial charge in [0.15, 0.2) is 0 Å². The highest BCUT2D eigenvalue weighted by atomic mass is 32.2. The third-order valence-electron chi connectivity index (χ3n) is 4.65. The number of nitrogens with one attached hydrogen (secondary N) is 1. The summed E-state index contributed by atoms with van der Waals surface area (Å²) in [5, 5.41) is 9.12. The van der Waals surface area contributed by atoms with Crippen LogP contribution in [0.3, 0.4) is 0 Å². The van der Waals surface area contributed by atoms with E-state index in [1.165, 1.54) is 26.0 Å². The second-order valence-electron chi connectivity index (χ2n) is 6.10. The van der Waals surface area contributed by atoms with Gasteiger partial charge in [0.05, 0.1) is 13.7 Å². The van der Waals surface area contributed by atoms with Gasteiger partial charge in [0.1, 0.15) is 10.6 Å². The molecule has 0 heterocycles. The van der Waals surface area contributed by atoms with E-state index < -0.39 is 10.0 Å². The van der Waals surface area contributed by atoms with Crippen LogP contribution in [0, 0.1) is 11.3 Å². The van der Waals surface area contributed by atoms with E-state index in [-0.39, 0.29) is 22.7 Å². The zero-order chi connectivity index (χ0) is 15.1. The summed E-state index contributed by atoms with van der Waals surface area (Å²) in [6.45, 7) is 0.375. The monoisotopic (exact) mass is 311 g/mol. The first-order valence-electron chi connectivity index (χ1n) is 7.28. The molecule has 0 unspecified atom stereocenters. The number of aliphatic hydroxyl groups is 1. The Morgan fingerprint density at radius 1 is 1.38 bits per heavy atom. The molecule has 1 aromatic carbocycles. The van der Waals surface area contributed by atoms with Crippen molar-refractivity contribution >= 4 is 10.0 Å². The molecule has 5 nitrogen and oxygen atoms in total. The van der Waals surface area contributed by atoms with Crippen LogP contribution in [0.25, 0.3) is 0 Å². The predicted molar refractivity (Wildman–Crippen MR) is 78.5 cm³/mol. The van der Waals surface area contributed by atoms with Crippen LogP contribution in [0.15, 0.2) is 23.1 Å². The lowest BCUT2D eigenvalue weighted by Crippen LogP contribution is -2.31. The van der Waals surface area contributed by atoms with Gasteiger partial charge in [-0.1, -0.05) is 6.07 Å². The van der Waals surface area contributed by atoms with Crippen molar-refractivity contribution in [2.24, 2.45) is 11.3 Å². The second kappa shape index (κ2) is 5.26. The van der Waals surface area contributed by atoms with Crippen molar-refractivity contribution in [3.63, 3.8) is 0 Å². The van der Waals surface area contributed by atoms with Gasteiger partial charge in [0.2, 0.25) is 10.0 Å². The summed E-state index contributed by atoms with van der Waals surface area (Å²) in [6, 6.07) is 4.65. The number of hydrogen-bond donors (Lipinski definition) is 2. The number of hydrogen-bond acceptors (Lipinski definition) is 4. The van der Waals surface area contributed by atoms with Gasteiger partial charge in [-0.3, -0.25) is 0 Å². The summed E-state index contributed by atoms with van der Waals surface area (Å²) in [7, 11) is -2.15. The minimum absolute atomic E-state index is 0.133. The van der Waals surface area contributed by atoms with Crippen molar-refractivity contribution in [1.29, 1.82) is 0 Å². The summed E-state index contributed by atoms with van der Waals surface area (Å²) in [5.41, 5.74) is 0.841. The number of rotatable bonds is 7. The first kappa shape index (κ1) is 14.8. The molecule has 0 spiro atoms. The molecule has 0 radical (unpaired) electrons. The molecule has 1 aromatic rings. The molecule has 3 rings (SSSR count). The largest absolute Gasteiger partial charge is 0.495 e. The fourth-order valence-electron chi connectivity index (χ4n) is 2.93. The van der Waals surface area contributed by atoms with E-state index in [0.29, 0.717) is 18.0 Å². The number of aliphatic hydroxyl groups excluding tert-OH is 1. The lowest BCUT2D eigenvalue weighted by Gasteiger charge is -2.16. The first-order valence-corrected chi connectivity index (χ1v) is 8.76. The summed E-state index contributed by atoms with van der Waals surface area (Å²) < 4.78 is 32.8. The number of methoxy groups -OCH3 is 1. The molecule has 0 saturated heterocycles. The molecular weight excluding hydrogens is 290 g/mol. The van der Waals surface area contributed by atoms with E-state index in [0.717, 1.165) is 12.8 Å². The number of sulfonamides is 1. The predicted octanol–water partition coefficient (Wildman–Crippen LogP) is 1.66. The van der Waals surface area contributed by atoms with Crippen molar-refractivity contribution in [3.05, 3.63) is 23.8 Å². The highest BCUT2D eigenvalue weighted by Gasteiger charge is 2.53. The minimum Gasteiger partial charge on any atom is -0.495 e. The van der Waals surface area contributed by atoms with Gasteiger partial charge in [-0.15, -0.1) is 0 Å². The van der Waals surface area contributed by atoms with Gasteiger partial charge < -0.3 is 9.84 Å². The molecule has 6 heteroatoms. The van der Waals surface area contributed by atoms with Gasteiger partial charge >= 0.3 is 0 Å². The van der Waals surface area contributed by atoms with Gasteiger partial charge in [-0.05, 0) is 54.7 Å². The number of ether oxygens (including phenoxy) is 1. The maximum absolute atomic E-state index is 12.5. The molecule has 0 aromatic heterocycles. The Hall–Kier alpha value is -1.11. The van der Waals surface area contributed by atoms with E-state index in [1.807, 2.05) is 0 Å². The maximum Gasteiger partial charge on any atom is 0.244 e. The number of benzene rings is 1. The van der Waals surface area contributed by atoms with Gasteiger partial charge in [-0.2, -0.15) is 0 Å². The van der Waals surface area contributed by atoms with E-state index in [4.69, 9.17) is 9.84 Å². The Morgan fingerprint density at radius 3 is 2.62 bits per heavy atom. The zero-order valence-corrected chi connectivity index (χ0v) is 12.9. The fraction of sp³-hybridized carbons (Fsp3) is 0.600. The highest BCUT2D eigenvalue weighted by Crippen LogP contribution is 2.60. The summed E-state index contributed by atoms with van der Waals surface area (Å²) in [4.78, 5) is 0.133. The molecule has 2 N–H and O–H groups in total. The second-order valence-corrected chi connectivity index (χ2v) is 7.84. The molecule has 0 aliphatic heterocycles. The van der Waals surface area contributed by atoms with Crippen molar-refractivity contribution in [1.82, 2.24) is 4.72 Å². The Bertz CT molecular complexity index is 633. The molecule has 116 valence electrons. The lowest BCUT2D eigenvalue weighted by atomic mass is 10.0. The van der Waals surface area contributed by atoms with Crippen molar-refractivity contribution < 1.29 is 18.3 Å². The Morgan fingerprint density at radius 2 is 2.10 bits per heavy atom. The quantitative estimate of drug-likeness (QED) is 0.803. The molecule has 21 heavy (non-hydrogen) atoms. The molecule has 0 atom stereocenters. The third-order valence-corrected chi connectivity index (χ3v) is 6.09. The molecule has 2 fully saturated rings. The highest BCUT2D eigenvalue weighted by molar-refractivity contribution is 7.89. The standard InChI is InChI=1S/C15H21NO4S/c1-20-13-8-11(9-17)2-5-14(13)21(18,19)16-10-15(6-7-15)12-3-4-12/h2,5,8,12,16-17H,3-4,6-7,9-10H2,1H3. The Balaban J connectivity index is 1.77. The average Bonchev–Trinajstić information content (AvgIpc) is 3.37. The van der Waals surface area contributed by atoms with E-state index in [9.17, 15) is 8.42 Å². The van der Waals surface area contributed by atoms with Crippen LogP contribution in [-0.2, 0) is 16.6 Å². The third kappa shape index (κ3) is 2.93. The topological polar surface area (TPSA) is 75.6 Å². The average molecular weight is 311 g/mol. The van der Waals surface area contributed by atoms with Crippen LogP contribution in [-0.4, -0.2) is 27.2 Å². The Kier molecular flexibility index (Phi) is 3.71. The van der Waals surface area contributed by atoms with Gasteiger partial charge in [-0.25, -0.2) is 13.1 Å². The van der Waals surface area contributed by atoms with Crippen LogP contribution in [0.5, 0.6) is 5.75 Å². The first-order chi connectivity index (χ1) is 10.0. The van der Waals surface area contributed by atoms with Crippen LogP contribution in [0.1, 0.15) is 31.2 Å². The lowest BCUT2D eigenvalue weighted by molar-refractivity contribution is 0.280. The van der Waals surface area contributed by atoms with Crippen LogP contribution >= 0.6 is 0 Å². The normalized spacial score (nSPS) is 20.3. The van der Waals surface area contributed by atoms with Crippen LogP contribution < -0.4 is 9.46 Å². The van der Waals surface area contributed by atoms with E-state index in [1.54, 1.807) is 12.1 Å². The zero-order valence-electron chi connectivity index (χ0n) is 12.1. The van der Waals surface area contributed by atoms with Crippen molar-refractivity contribution in [3.8, 4) is 5.75 Å². The smallest absolute Gasteiger partial charge is 0.244 e. The molecular formula is C15H21NO4S. The van der Waals surface area contributed by atoms with Crippen LogP contribution in [0.4, 0.5) is 0 Å². The Labute approximate surface area is 125 Å². The van der Waals surface area contributed by atoms with Gasteiger partial charge in [0.25, 0.3) is 0 Å². The summed E-state index contributed by atoms with van der Waals surface area (Å²) in [6.07, 6.45) is 4.72. The molecule has 2 aliphatic carbocycles. The van der Waals surface area contributed by atoms with E-state index in [2.05, 4.69) is 4.72 Å². The maximum atomic E-state index is 12.5. The van der Waals surface area contributed by atoms with Gasteiger partial charge in [0, 0.05) is 6.54 Å². The van der Waals surface area contributed by atoms with Crippen molar-refractivity contribution in [2.75, 3.05) is 13.7 Å². The molecule has 2 aliphatic rings. The fourth-order valence-corrected chi connectivity index (χ4v) is 4.22. The molecule has 0 bridgehead atoms. The summed E-state index contributed by atoms with van der Waals surface area (Å²) in [5.74, 6) is 0.976. The molecule has 0 amide bonds. The minimum atomic E-state index is -3.58.